The van der Waals surface area contributed by atoms with E-state index in [1.165, 1.54) is 19.3 Å². The molecule has 0 aromatic rings. The van der Waals surface area contributed by atoms with Gasteiger partial charge in [-0.05, 0) is 24.7 Å². The predicted molar refractivity (Wildman–Crippen MR) is 49.6 cm³/mol. The van der Waals surface area contributed by atoms with Gasteiger partial charge in [0, 0.05) is 4.32 Å². The van der Waals surface area contributed by atoms with Crippen LogP contribution < -0.4 is 0 Å². The molecule has 0 heterocycles. The van der Waals surface area contributed by atoms with Gasteiger partial charge in [-0.3, -0.25) is 0 Å². The van der Waals surface area contributed by atoms with E-state index in [4.69, 9.17) is 0 Å². The summed E-state index contributed by atoms with van der Waals surface area (Å²) < 4.78 is 1.10. The molecule has 52 valence electrons. The molecule has 3 heteroatoms. The lowest BCUT2D eigenvalue weighted by molar-refractivity contribution is -0.0504. The molecule has 0 aliphatic heterocycles. The van der Waals surface area contributed by atoms with E-state index < -0.39 is 0 Å². The van der Waals surface area contributed by atoms with Crippen molar-refractivity contribution in [2.75, 3.05) is 0 Å². The summed E-state index contributed by atoms with van der Waals surface area (Å²) in [6.45, 7) is 0. The molecular weight excluding hydrogens is 312 g/mol. The lowest BCUT2D eigenvalue weighted by atomic mass is 9.45. The van der Waals surface area contributed by atoms with Crippen LogP contribution >= 0.6 is 47.8 Å². The number of rotatable bonds is 1. The van der Waals surface area contributed by atoms with Crippen LogP contribution in [-0.4, -0.2) is 8.06 Å². The Bertz CT molecular complexity index is 133. The minimum Gasteiger partial charge on any atom is -0.0853 e. The van der Waals surface area contributed by atoms with E-state index in [0.717, 1.165) is 0 Å². The molecule has 0 spiro atoms. The van der Waals surface area contributed by atoms with Crippen LogP contribution in [0.5, 0.6) is 0 Å². The molecule has 0 atom stereocenters. The van der Waals surface area contributed by atoms with E-state index in [1.54, 1.807) is 0 Å². The highest BCUT2D eigenvalue weighted by molar-refractivity contribution is 9.24. The van der Waals surface area contributed by atoms with Crippen molar-refractivity contribution >= 4 is 47.8 Å². The molecule has 0 N–H and O–H groups in total. The minimum atomic E-state index is 0.539. The highest BCUT2D eigenvalue weighted by Gasteiger charge is 2.68. The van der Waals surface area contributed by atoms with Gasteiger partial charge in [0.25, 0.3) is 0 Å². The van der Waals surface area contributed by atoms with Gasteiger partial charge in [-0.2, -0.15) is 0 Å². The van der Waals surface area contributed by atoms with Crippen LogP contribution in [0, 0.1) is 5.41 Å². The maximum absolute atomic E-state index is 3.69. The van der Waals surface area contributed by atoms with Gasteiger partial charge >= 0.3 is 0 Å². The summed E-state index contributed by atoms with van der Waals surface area (Å²) in [4.78, 5) is 0. The average molecular weight is 319 g/mol. The molecule has 3 rings (SSSR count). The molecule has 3 saturated carbocycles. The van der Waals surface area contributed by atoms with Gasteiger partial charge in [-0.25, -0.2) is 0 Å². The zero-order valence-electron chi connectivity index (χ0n) is 4.83. The van der Waals surface area contributed by atoms with Crippen molar-refractivity contribution in [1.29, 1.82) is 0 Å². The summed E-state index contributed by atoms with van der Waals surface area (Å²) in [5, 5.41) is 0. The zero-order chi connectivity index (χ0) is 6.70. The van der Waals surface area contributed by atoms with Crippen LogP contribution in [0.25, 0.3) is 0 Å². The Labute approximate surface area is 80.2 Å². The molecule has 3 fully saturated rings. The maximum Gasteiger partial charge on any atom is 0.0755 e. The zero-order valence-corrected chi connectivity index (χ0v) is 9.59. The highest BCUT2D eigenvalue weighted by Crippen LogP contribution is 2.75. The molecule has 0 nitrogen and oxygen atoms in total. The summed E-state index contributed by atoms with van der Waals surface area (Å²) >= 11 is 10.8. The Kier molecular flexibility index (Phi) is 1.41. The van der Waals surface area contributed by atoms with Crippen molar-refractivity contribution < 1.29 is 0 Å². The van der Waals surface area contributed by atoms with Gasteiger partial charge in [0.1, 0.15) is 0 Å². The third-order valence-electron chi connectivity index (χ3n) is 2.47. The van der Waals surface area contributed by atoms with Crippen molar-refractivity contribution in [1.82, 2.24) is 0 Å². The molecule has 0 aromatic carbocycles. The maximum atomic E-state index is 3.69. The van der Waals surface area contributed by atoms with Crippen LogP contribution in [0.3, 0.4) is 0 Å². The second kappa shape index (κ2) is 1.78. The third kappa shape index (κ3) is 0.807. The van der Waals surface area contributed by atoms with Crippen molar-refractivity contribution in [3.05, 3.63) is 0 Å². The van der Waals surface area contributed by atoms with Gasteiger partial charge in [0.15, 0.2) is 0 Å². The van der Waals surface area contributed by atoms with Gasteiger partial charge in [-0.15, -0.1) is 0 Å². The molecule has 2 bridgehead atoms. The molecular formula is C6H7Br3. The molecule has 3 aliphatic carbocycles. The molecule has 0 unspecified atom stereocenters. The second-order valence-corrected chi connectivity index (χ2v) is 8.09. The van der Waals surface area contributed by atoms with E-state index in [9.17, 15) is 0 Å². The molecule has 9 heavy (non-hydrogen) atoms. The average Bonchev–Trinajstić information content (AvgIpc) is 1.54. The topological polar surface area (TPSA) is 0 Å². The van der Waals surface area contributed by atoms with Crippen LogP contribution in [0.2, 0.25) is 0 Å². The Hall–Kier alpha value is 1.44. The van der Waals surface area contributed by atoms with Crippen molar-refractivity contribution in [3.63, 3.8) is 0 Å². The van der Waals surface area contributed by atoms with Crippen molar-refractivity contribution in [2.45, 2.75) is 27.3 Å². The first-order valence-corrected chi connectivity index (χ1v) is 5.66. The number of halogens is 3. The smallest absolute Gasteiger partial charge is 0.0755 e. The van der Waals surface area contributed by atoms with Crippen molar-refractivity contribution in [3.8, 4) is 0 Å². The highest BCUT2D eigenvalue weighted by atomic mass is 79.9. The van der Waals surface area contributed by atoms with E-state index in [2.05, 4.69) is 47.8 Å². The fraction of sp³-hybridized carbons (Fsp3) is 1.00. The summed E-state index contributed by atoms with van der Waals surface area (Å²) in [5.41, 5.74) is 0.615. The molecule has 3 aliphatic rings. The van der Waals surface area contributed by atoms with Gasteiger partial charge in [0.2, 0.25) is 0 Å². The Morgan fingerprint density at radius 2 is 1.56 bits per heavy atom. The van der Waals surface area contributed by atoms with Crippen LogP contribution in [0.1, 0.15) is 19.3 Å². The van der Waals surface area contributed by atoms with E-state index >= 15 is 0 Å². The number of alkyl halides is 3. The van der Waals surface area contributed by atoms with Gasteiger partial charge in [0.05, 0.1) is 3.74 Å². The van der Waals surface area contributed by atoms with Crippen LogP contribution in [0.4, 0.5) is 0 Å². The monoisotopic (exact) mass is 316 g/mol. The SMILES string of the molecule is BrC(Br)C12CC(Br)(C1)C2. The summed E-state index contributed by atoms with van der Waals surface area (Å²) in [6.07, 6.45) is 4.05. The number of hydrogen-bond donors (Lipinski definition) is 0. The van der Waals surface area contributed by atoms with Crippen LogP contribution in [-0.2, 0) is 0 Å². The van der Waals surface area contributed by atoms with Gasteiger partial charge in [-0.1, -0.05) is 47.8 Å². The summed E-state index contributed by atoms with van der Waals surface area (Å²) in [5.74, 6) is 0. The fourth-order valence-electron chi connectivity index (χ4n) is 1.97. The summed E-state index contributed by atoms with van der Waals surface area (Å²) in [6, 6.07) is 0. The van der Waals surface area contributed by atoms with Crippen LogP contribution in [0.15, 0.2) is 0 Å². The van der Waals surface area contributed by atoms with E-state index in [1.807, 2.05) is 0 Å². The molecule has 0 radical (unpaired) electrons. The summed E-state index contributed by atoms with van der Waals surface area (Å²) in [7, 11) is 0. The lowest BCUT2D eigenvalue weighted by Crippen LogP contribution is -2.65. The fourth-order valence-corrected chi connectivity index (χ4v) is 4.62. The van der Waals surface area contributed by atoms with E-state index in [-0.39, 0.29) is 0 Å². The van der Waals surface area contributed by atoms with Gasteiger partial charge < -0.3 is 0 Å². The number of hydrogen-bond acceptors (Lipinski definition) is 0. The normalized spacial score (nSPS) is 54.7. The largest absolute Gasteiger partial charge is 0.0853 e. The first-order valence-electron chi connectivity index (χ1n) is 3.04. The Morgan fingerprint density at radius 3 is 1.67 bits per heavy atom. The minimum absolute atomic E-state index is 0.539. The molecule has 0 aromatic heterocycles. The third-order valence-corrected chi connectivity index (χ3v) is 5.25. The molecule has 0 amide bonds. The first-order chi connectivity index (χ1) is 4.06. The standard InChI is InChI=1S/C6H7Br3/c7-4(8)5-1-6(9,2-5)3-5/h4H,1-3H2. The quantitative estimate of drug-likeness (QED) is 0.650. The Balaban J connectivity index is 2.04. The van der Waals surface area contributed by atoms with E-state index in [0.29, 0.717) is 13.5 Å². The Morgan fingerprint density at radius 1 is 1.11 bits per heavy atom. The molecule has 0 saturated heterocycles. The predicted octanol–water partition coefficient (Wildman–Crippen LogP) is 3.42. The lowest BCUT2D eigenvalue weighted by Gasteiger charge is -2.69. The first kappa shape index (κ1) is 7.11. The second-order valence-electron chi connectivity index (χ2n) is 3.34. The van der Waals surface area contributed by atoms with Crippen molar-refractivity contribution in [2.24, 2.45) is 5.41 Å².